The van der Waals surface area contributed by atoms with Crippen molar-refractivity contribution in [2.45, 2.75) is 26.4 Å². The predicted octanol–water partition coefficient (Wildman–Crippen LogP) is 4.14. The van der Waals surface area contributed by atoms with Crippen LogP contribution in [0.4, 0.5) is 10.1 Å². The first kappa shape index (κ1) is 15.0. The minimum atomic E-state index is -0.273. The number of carbonyl (C=O) groups excluding carboxylic acids is 1. The zero-order valence-electron chi connectivity index (χ0n) is 11.9. The minimum Gasteiger partial charge on any atom is -0.489 e. The fourth-order valence-electron chi connectivity index (χ4n) is 1.88. The highest BCUT2D eigenvalue weighted by molar-refractivity contribution is 5.90. The molecule has 0 aliphatic heterocycles. The molecule has 21 heavy (non-hydrogen) atoms. The number of hydrogen-bond acceptors (Lipinski definition) is 2. The Labute approximate surface area is 123 Å². The van der Waals surface area contributed by atoms with Crippen LogP contribution in [-0.2, 0) is 11.4 Å². The van der Waals surface area contributed by atoms with Gasteiger partial charge in [0.2, 0.25) is 5.91 Å². The maximum Gasteiger partial charge on any atom is 0.224 e. The highest BCUT2D eigenvalue weighted by atomic mass is 19.1. The topological polar surface area (TPSA) is 38.3 Å². The second-order valence-corrected chi connectivity index (χ2v) is 4.74. The van der Waals surface area contributed by atoms with Gasteiger partial charge in [0.15, 0.2) is 0 Å². The SMILES string of the molecule is CCCC(=O)Nc1ccc(OCc2cccc(F)c2)cc1. The van der Waals surface area contributed by atoms with Gasteiger partial charge in [0.1, 0.15) is 18.2 Å². The molecule has 0 saturated carbocycles. The second kappa shape index (κ2) is 7.43. The van der Waals surface area contributed by atoms with Gasteiger partial charge in [-0.25, -0.2) is 4.39 Å². The molecule has 4 heteroatoms. The Morgan fingerprint density at radius 1 is 1.19 bits per heavy atom. The van der Waals surface area contributed by atoms with Gasteiger partial charge in [-0.2, -0.15) is 0 Å². The molecule has 0 spiro atoms. The summed E-state index contributed by atoms with van der Waals surface area (Å²) in [6, 6.07) is 13.4. The van der Waals surface area contributed by atoms with E-state index in [0.717, 1.165) is 17.7 Å². The zero-order chi connectivity index (χ0) is 15.1. The molecule has 0 bridgehead atoms. The molecule has 2 aromatic rings. The van der Waals surface area contributed by atoms with Gasteiger partial charge < -0.3 is 10.1 Å². The number of benzene rings is 2. The van der Waals surface area contributed by atoms with Crippen LogP contribution in [0.3, 0.4) is 0 Å². The van der Waals surface area contributed by atoms with Gasteiger partial charge in [0, 0.05) is 12.1 Å². The van der Waals surface area contributed by atoms with E-state index in [9.17, 15) is 9.18 Å². The molecule has 0 fully saturated rings. The summed E-state index contributed by atoms with van der Waals surface area (Å²) in [6.07, 6.45) is 1.33. The van der Waals surface area contributed by atoms with E-state index in [1.165, 1.54) is 12.1 Å². The smallest absolute Gasteiger partial charge is 0.224 e. The largest absolute Gasteiger partial charge is 0.489 e. The van der Waals surface area contributed by atoms with Crippen molar-refractivity contribution in [2.75, 3.05) is 5.32 Å². The highest BCUT2D eigenvalue weighted by Crippen LogP contribution is 2.17. The number of amides is 1. The van der Waals surface area contributed by atoms with Crippen LogP contribution in [-0.4, -0.2) is 5.91 Å². The van der Waals surface area contributed by atoms with Crippen LogP contribution in [0.15, 0.2) is 48.5 Å². The van der Waals surface area contributed by atoms with Gasteiger partial charge >= 0.3 is 0 Å². The first-order valence-electron chi connectivity index (χ1n) is 6.94. The summed E-state index contributed by atoms with van der Waals surface area (Å²) in [5, 5.41) is 2.81. The average molecular weight is 287 g/mol. The van der Waals surface area contributed by atoms with Crippen LogP contribution in [0.25, 0.3) is 0 Å². The van der Waals surface area contributed by atoms with E-state index in [2.05, 4.69) is 5.32 Å². The number of carbonyl (C=O) groups is 1. The van der Waals surface area contributed by atoms with E-state index in [1.54, 1.807) is 30.3 Å². The minimum absolute atomic E-state index is 0.00549. The normalized spacial score (nSPS) is 10.2. The average Bonchev–Trinajstić information content (AvgIpc) is 2.47. The second-order valence-electron chi connectivity index (χ2n) is 4.74. The molecule has 0 radical (unpaired) electrons. The van der Waals surface area contributed by atoms with Crippen molar-refractivity contribution in [1.29, 1.82) is 0 Å². The lowest BCUT2D eigenvalue weighted by Crippen LogP contribution is -2.10. The molecule has 110 valence electrons. The molecule has 0 heterocycles. The molecule has 0 aromatic heterocycles. The van der Waals surface area contributed by atoms with Crippen molar-refractivity contribution >= 4 is 11.6 Å². The van der Waals surface area contributed by atoms with Crippen LogP contribution < -0.4 is 10.1 Å². The Morgan fingerprint density at radius 3 is 2.62 bits per heavy atom. The molecule has 0 aliphatic carbocycles. The van der Waals surface area contributed by atoms with E-state index >= 15 is 0 Å². The van der Waals surface area contributed by atoms with Crippen molar-refractivity contribution in [1.82, 2.24) is 0 Å². The number of hydrogen-bond donors (Lipinski definition) is 1. The number of ether oxygens (including phenoxy) is 1. The zero-order valence-corrected chi connectivity index (χ0v) is 11.9. The van der Waals surface area contributed by atoms with Gasteiger partial charge in [0.05, 0.1) is 0 Å². The van der Waals surface area contributed by atoms with Gasteiger partial charge in [-0.3, -0.25) is 4.79 Å². The van der Waals surface area contributed by atoms with Crippen LogP contribution >= 0.6 is 0 Å². The molecule has 2 aromatic carbocycles. The Bertz CT molecular complexity index is 596. The van der Waals surface area contributed by atoms with Gasteiger partial charge in [-0.15, -0.1) is 0 Å². The monoisotopic (exact) mass is 287 g/mol. The van der Waals surface area contributed by atoms with Crippen molar-refractivity contribution in [2.24, 2.45) is 0 Å². The molecule has 3 nitrogen and oxygen atoms in total. The fraction of sp³-hybridized carbons (Fsp3) is 0.235. The third-order valence-corrected chi connectivity index (χ3v) is 2.91. The first-order chi connectivity index (χ1) is 10.2. The van der Waals surface area contributed by atoms with Crippen molar-refractivity contribution < 1.29 is 13.9 Å². The number of halogens is 1. The summed E-state index contributed by atoms with van der Waals surface area (Å²) >= 11 is 0. The van der Waals surface area contributed by atoms with Crippen molar-refractivity contribution in [3.8, 4) is 5.75 Å². The van der Waals surface area contributed by atoms with Gasteiger partial charge in [-0.1, -0.05) is 19.1 Å². The van der Waals surface area contributed by atoms with Gasteiger partial charge in [0.25, 0.3) is 0 Å². The third-order valence-electron chi connectivity index (χ3n) is 2.91. The lowest BCUT2D eigenvalue weighted by molar-refractivity contribution is -0.116. The molecule has 0 aliphatic rings. The molecule has 1 amide bonds. The van der Waals surface area contributed by atoms with Crippen molar-refractivity contribution in [3.05, 3.63) is 59.9 Å². The summed E-state index contributed by atoms with van der Waals surface area (Å²) in [6.45, 7) is 2.27. The molecule has 0 atom stereocenters. The van der Waals surface area contributed by atoms with E-state index in [1.807, 2.05) is 13.0 Å². The number of anilines is 1. The quantitative estimate of drug-likeness (QED) is 0.867. The Hall–Kier alpha value is -2.36. The summed E-state index contributed by atoms with van der Waals surface area (Å²) in [4.78, 5) is 11.5. The van der Waals surface area contributed by atoms with Crippen LogP contribution in [0.2, 0.25) is 0 Å². The third kappa shape index (κ3) is 4.91. The molecule has 1 N–H and O–H groups in total. The Morgan fingerprint density at radius 2 is 1.95 bits per heavy atom. The van der Waals surface area contributed by atoms with Crippen LogP contribution in [0.5, 0.6) is 5.75 Å². The maximum atomic E-state index is 13.0. The van der Waals surface area contributed by atoms with E-state index in [0.29, 0.717) is 18.8 Å². The summed E-state index contributed by atoms with van der Waals surface area (Å²) in [7, 11) is 0. The lowest BCUT2D eigenvalue weighted by Gasteiger charge is -2.08. The first-order valence-corrected chi connectivity index (χ1v) is 6.94. The fourth-order valence-corrected chi connectivity index (χ4v) is 1.88. The number of rotatable bonds is 6. The van der Waals surface area contributed by atoms with E-state index < -0.39 is 0 Å². The molecule has 0 unspecified atom stereocenters. The summed E-state index contributed by atoms with van der Waals surface area (Å²) in [5.41, 5.74) is 1.52. The lowest BCUT2D eigenvalue weighted by atomic mass is 10.2. The maximum absolute atomic E-state index is 13.0. The summed E-state index contributed by atoms with van der Waals surface area (Å²) in [5.74, 6) is 0.406. The standard InChI is InChI=1S/C17H18FNO2/c1-2-4-17(20)19-15-7-9-16(10-8-15)21-12-13-5-3-6-14(18)11-13/h3,5-11H,2,4,12H2,1H3,(H,19,20). The summed E-state index contributed by atoms with van der Waals surface area (Å²) < 4.78 is 18.6. The molecule has 2 rings (SSSR count). The predicted molar refractivity (Wildman–Crippen MR) is 80.7 cm³/mol. The Kier molecular flexibility index (Phi) is 5.32. The van der Waals surface area contributed by atoms with Gasteiger partial charge in [-0.05, 0) is 48.4 Å². The van der Waals surface area contributed by atoms with Crippen LogP contribution in [0.1, 0.15) is 25.3 Å². The van der Waals surface area contributed by atoms with E-state index in [-0.39, 0.29) is 11.7 Å². The molecular weight excluding hydrogens is 269 g/mol. The molecular formula is C17H18FNO2. The van der Waals surface area contributed by atoms with Crippen molar-refractivity contribution in [3.63, 3.8) is 0 Å². The van der Waals surface area contributed by atoms with E-state index in [4.69, 9.17) is 4.74 Å². The highest BCUT2D eigenvalue weighted by Gasteiger charge is 2.02. The van der Waals surface area contributed by atoms with Crippen LogP contribution in [0, 0.1) is 5.82 Å². The number of nitrogens with one attached hydrogen (secondary N) is 1. The Balaban J connectivity index is 1.89. The molecule has 0 saturated heterocycles.